The van der Waals surface area contributed by atoms with Crippen LogP contribution in [0.2, 0.25) is 5.02 Å². The third-order valence-corrected chi connectivity index (χ3v) is 3.26. The van der Waals surface area contributed by atoms with Gasteiger partial charge in [-0.3, -0.25) is 4.79 Å². The minimum atomic E-state index is -0.750. The van der Waals surface area contributed by atoms with E-state index in [1.807, 2.05) is 6.92 Å². The molecule has 0 aliphatic carbocycles. The topological polar surface area (TPSA) is 72.0 Å². The van der Waals surface area contributed by atoms with Gasteiger partial charge in [0.2, 0.25) is 0 Å². The quantitative estimate of drug-likeness (QED) is 0.682. The van der Waals surface area contributed by atoms with E-state index in [-0.39, 0.29) is 11.3 Å². The minimum Gasteiger partial charge on any atom is -0.421 e. The lowest BCUT2D eigenvalue weighted by molar-refractivity contribution is 0.0731. The number of aromatic amines is 1. The summed E-state index contributed by atoms with van der Waals surface area (Å²) in [4.78, 5) is 23.8. The fourth-order valence-corrected chi connectivity index (χ4v) is 1.98. The predicted octanol–water partition coefficient (Wildman–Crippen LogP) is 2.57. The molecule has 0 radical (unpaired) electrons. The molecule has 5 nitrogen and oxygen atoms in total. The van der Waals surface area contributed by atoms with Crippen LogP contribution in [-0.2, 0) is 0 Å². The fraction of sp³-hybridized carbons (Fsp3) is 0.214. The Bertz CT molecular complexity index is 738. The molecule has 0 unspecified atom stereocenters. The average molecular weight is 293 g/mol. The van der Waals surface area contributed by atoms with Gasteiger partial charge in [0.25, 0.3) is 5.56 Å². The molecule has 0 fully saturated rings. The number of hydrogen-bond donors (Lipinski definition) is 1. The summed E-state index contributed by atoms with van der Waals surface area (Å²) in [7, 11) is 0. The smallest absolute Gasteiger partial charge is 0.349 e. The van der Waals surface area contributed by atoms with Gasteiger partial charge >= 0.3 is 5.97 Å². The third kappa shape index (κ3) is 2.72. The van der Waals surface area contributed by atoms with Gasteiger partial charge in [0.15, 0.2) is 0 Å². The van der Waals surface area contributed by atoms with E-state index in [0.29, 0.717) is 16.3 Å². The summed E-state index contributed by atoms with van der Waals surface area (Å²) in [6.07, 6.45) is 0. The molecule has 0 aliphatic rings. The molecule has 0 aliphatic heterocycles. The van der Waals surface area contributed by atoms with E-state index in [2.05, 4.69) is 10.2 Å². The monoisotopic (exact) mass is 292 g/mol. The molecule has 0 bridgehead atoms. The number of benzene rings is 1. The first-order chi connectivity index (χ1) is 9.40. The maximum atomic E-state index is 12.1. The van der Waals surface area contributed by atoms with Crippen molar-refractivity contribution in [2.75, 3.05) is 0 Å². The van der Waals surface area contributed by atoms with E-state index in [0.717, 1.165) is 5.56 Å². The molecule has 104 valence electrons. The van der Waals surface area contributed by atoms with Gasteiger partial charge in [-0.1, -0.05) is 17.7 Å². The number of halogens is 1. The number of carbonyl (C=O) groups excluding carboxylic acids is 1. The number of nitrogens with zero attached hydrogens (tertiary/aromatic N) is 1. The number of hydrogen-bond acceptors (Lipinski definition) is 4. The van der Waals surface area contributed by atoms with E-state index >= 15 is 0 Å². The molecule has 0 saturated heterocycles. The average Bonchev–Trinajstić information content (AvgIpc) is 2.38. The number of aromatic nitrogens is 2. The SMILES string of the molecule is Cc1ccc(OC(=O)c2c(C)c(C)n[nH]c2=O)c(Cl)c1. The summed E-state index contributed by atoms with van der Waals surface area (Å²) in [5.41, 5.74) is 1.35. The maximum Gasteiger partial charge on any atom is 0.349 e. The standard InChI is InChI=1S/C14H13ClN2O3/c1-7-4-5-11(10(15)6-7)20-14(19)12-8(2)9(3)16-17-13(12)18/h4-6H,1-3H3,(H,17,18). The number of ether oxygens (including phenoxy) is 1. The maximum absolute atomic E-state index is 12.1. The number of nitrogens with one attached hydrogen (secondary N) is 1. The van der Waals surface area contributed by atoms with E-state index in [1.54, 1.807) is 32.0 Å². The molecule has 0 spiro atoms. The number of rotatable bonds is 2. The van der Waals surface area contributed by atoms with Crippen LogP contribution < -0.4 is 10.3 Å². The van der Waals surface area contributed by atoms with Gasteiger partial charge in [0.1, 0.15) is 11.3 Å². The fourth-order valence-electron chi connectivity index (χ4n) is 1.71. The van der Waals surface area contributed by atoms with E-state index in [9.17, 15) is 9.59 Å². The first kappa shape index (κ1) is 14.3. The lowest BCUT2D eigenvalue weighted by Gasteiger charge is -2.08. The number of aryl methyl sites for hydroxylation is 2. The molecule has 6 heteroatoms. The second-order valence-corrected chi connectivity index (χ2v) is 4.87. The molecular formula is C14H13ClN2O3. The first-order valence-corrected chi connectivity index (χ1v) is 6.32. The largest absolute Gasteiger partial charge is 0.421 e. The summed E-state index contributed by atoms with van der Waals surface area (Å²) in [6, 6.07) is 5.04. The Kier molecular flexibility index (Phi) is 3.90. The lowest BCUT2D eigenvalue weighted by atomic mass is 10.1. The van der Waals surface area contributed by atoms with Crippen LogP contribution in [0.3, 0.4) is 0 Å². The summed E-state index contributed by atoms with van der Waals surface area (Å²) in [5, 5.41) is 6.36. The zero-order valence-corrected chi connectivity index (χ0v) is 12.0. The van der Waals surface area contributed by atoms with E-state index in [1.165, 1.54) is 0 Å². The van der Waals surface area contributed by atoms with Gasteiger partial charge in [-0.25, -0.2) is 9.89 Å². The summed E-state index contributed by atoms with van der Waals surface area (Å²) < 4.78 is 5.18. The third-order valence-electron chi connectivity index (χ3n) is 2.96. The first-order valence-electron chi connectivity index (χ1n) is 5.94. The van der Waals surface area contributed by atoms with Crippen LogP contribution in [0.25, 0.3) is 0 Å². The molecular weight excluding hydrogens is 280 g/mol. The van der Waals surface area contributed by atoms with E-state index in [4.69, 9.17) is 16.3 Å². The van der Waals surface area contributed by atoms with Crippen LogP contribution in [0.1, 0.15) is 27.2 Å². The Hall–Kier alpha value is -2.14. The molecule has 0 saturated carbocycles. The number of H-pyrrole nitrogens is 1. The Balaban J connectivity index is 2.38. The van der Waals surface area contributed by atoms with Crippen molar-refractivity contribution in [2.45, 2.75) is 20.8 Å². The van der Waals surface area contributed by atoms with Crippen LogP contribution >= 0.6 is 11.6 Å². The van der Waals surface area contributed by atoms with Gasteiger partial charge < -0.3 is 4.74 Å². The highest BCUT2D eigenvalue weighted by Gasteiger charge is 2.19. The molecule has 2 aromatic rings. The molecule has 2 rings (SSSR count). The Morgan fingerprint density at radius 3 is 2.65 bits per heavy atom. The second-order valence-electron chi connectivity index (χ2n) is 4.46. The number of carbonyl (C=O) groups is 1. The van der Waals surface area contributed by atoms with Crippen LogP contribution in [-0.4, -0.2) is 16.2 Å². The number of esters is 1. The second kappa shape index (κ2) is 5.46. The van der Waals surface area contributed by atoms with Gasteiger partial charge in [-0.15, -0.1) is 0 Å². The van der Waals surface area contributed by atoms with Gasteiger partial charge in [0.05, 0.1) is 10.7 Å². The van der Waals surface area contributed by atoms with Crippen LogP contribution in [0.15, 0.2) is 23.0 Å². The molecule has 0 atom stereocenters. The van der Waals surface area contributed by atoms with Gasteiger partial charge in [0, 0.05) is 0 Å². The van der Waals surface area contributed by atoms with Crippen molar-refractivity contribution in [3.8, 4) is 5.75 Å². The van der Waals surface area contributed by atoms with Crippen molar-refractivity contribution in [3.63, 3.8) is 0 Å². The van der Waals surface area contributed by atoms with Crippen molar-refractivity contribution in [2.24, 2.45) is 0 Å². The summed E-state index contributed by atoms with van der Waals surface area (Å²) >= 11 is 6.00. The zero-order chi connectivity index (χ0) is 14.9. The molecule has 1 aromatic carbocycles. The van der Waals surface area contributed by atoms with Crippen LogP contribution in [0.4, 0.5) is 0 Å². The molecule has 0 amide bonds. The van der Waals surface area contributed by atoms with Crippen molar-refractivity contribution in [3.05, 3.63) is 56.0 Å². The van der Waals surface area contributed by atoms with E-state index < -0.39 is 11.5 Å². The molecule has 1 N–H and O–H groups in total. The Morgan fingerprint density at radius 1 is 1.30 bits per heavy atom. The predicted molar refractivity (Wildman–Crippen MR) is 75.5 cm³/mol. The van der Waals surface area contributed by atoms with Gasteiger partial charge in [-0.05, 0) is 44.0 Å². The highest BCUT2D eigenvalue weighted by Crippen LogP contribution is 2.26. The van der Waals surface area contributed by atoms with Crippen LogP contribution in [0, 0.1) is 20.8 Å². The van der Waals surface area contributed by atoms with Crippen molar-refractivity contribution >= 4 is 17.6 Å². The lowest BCUT2D eigenvalue weighted by Crippen LogP contribution is -2.25. The Morgan fingerprint density at radius 2 is 2.00 bits per heavy atom. The highest BCUT2D eigenvalue weighted by molar-refractivity contribution is 6.32. The highest BCUT2D eigenvalue weighted by atomic mass is 35.5. The normalized spacial score (nSPS) is 10.4. The summed E-state index contributed by atoms with van der Waals surface area (Å²) in [6.45, 7) is 5.21. The van der Waals surface area contributed by atoms with Crippen molar-refractivity contribution in [1.82, 2.24) is 10.2 Å². The zero-order valence-electron chi connectivity index (χ0n) is 11.3. The molecule has 20 heavy (non-hydrogen) atoms. The Labute approximate surface area is 120 Å². The van der Waals surface area contributed by atoms with Crippen molar-refractivity contribution < 1.29 is 9.53 Å². The minimum absolute atomic E-state index is 0.0610. The van der Waals surface area contributed by atoms with Crippen LogP contribution in [0.5, 0.6) is 5.75 Å². The van der Waals surface area contributed by atoms with Gasteiger partial charge in [-0.2, -0.15) is 5.10 Å². The van der Waals surface area contributed by atoms with Crippen molar-refractivity contribution in [1.29, 1.82) is 0 Å². The molecule has 1 heterocycles. The molecule has 1 aromatic heterocycles. The summed E-state index contributed by atoms with van der Waals surface area (Å²) in [5.74, 6) is -0.532.